The minimum absolute atomic E-state index is 0.0119. The third kappa shape index (κ3) is 5.17. The zero-order valence-electron chi connectivity index (χ0n) is 9.38. The Balaban J connectivity index is 3.99. The molecule has 0 aliphatic rings. The molecule has 0 saturated heterocycles. The van der Waals surface area contributed by atoms with Gasteiger partial charge in [0.15, 0.2) is 0 Å². The van der Waals surface area contributed by atoms with E-state index in [-0.39, 0.29) is 18.0 Å². The third-order valence-electron chi connectivity index (χ3n) is 2.36. The van der Waals surface area contributed by atoms with Gasteiger partial charge in [0.1, 0.15) is 6.10 Å². The maximum absolute atomic E-state index is 11.6. The van der Waals surface area contributed by atoms with E-state index in [2.05, 4.69) is 36.4 Å². The fourth-order valence-electron chi connectivity index (χ4n) is 1.27. The molecule has 0 spiro atoms. The highest BCUT2D eigenvalue weighted by Crippen LogP contribution is 2.14. The molecule has 0 amide bonds. The Bertz CT molecular complexity index is 155. The van der Waals surface area contributed by atoms with Crippen molar-refractivity contribution < 1.29 is 9.53 Å². The first-order chi connectivity index (χ1) is 6.69. The van der Waals surface area contributed by atoms with Crippen LogP contribution >= 0.6 is 22.6 Å². The quantitative estimate of drug-likeness (QED) is 0.408. The molecule has 0 heterocycles. The van der Waals surface area contributed by atoms with E-state index < -0.39 is 0 Å². The first-order valence-electron chi connectivity index (χ1n) is 5.45. The molecule has 0 radical (unpaired) electrons. The number of ether oxygens (including phenoxy) is 1. The summed E-state index contributed by atoms with van der Waals surface area (Å²) in [7, 11) is 0. The molecule has 84 valence electrons. The van der Waals surface area contributed by atoms with Crippen molar-refractivity contribution in [3.05, 3.63) is 0 Å². The van der Waals surface area contributed by atoms with Crippen molar-refractivity contribution >= 4 is 28.6 Å². The Hall–Kier alpha value is 0.200. The molecule has 0 aromatic carbocycles. The molecule has 0 bridgehead atoms. The Morgan fingerprint density at radius 2 is 1.93 bits per heavy atom. The molecule has 0 saturated carbocycles. The first-order valence-corrected chi connectivity index (χ1v) is 6.98. The number of carbonyl (C=O) groups is 1. The predicted octanol–water partition coefficient (Wildman–Crippen LogP) is 3.57. The number of carbonyl (C=O) groups excluding carboxylic acids is 1. The van der Waals surface area contributed by atoms with Crippen molar-refractivity contribution in [2.75, 3.05) is 4.43 Å². The molecule has 0 N–H and O–H groups in total. The van der Waals surface area contributed by atoms with E-state index in [0.29, 0.717) is 0 Å². The monoisotopic (exact) mass is 312 g/mol. The fourth-order valence-corrected chi connectivity index (χ4v) is 2.25. The van der Waals surface area contributed by atoms with Gasteiger partial charge in [-0.1, -0.05) is 49.8 Å². The molecule has 3 heteroatoms. The van der Waals surface area contributed by atoms with Gasteiger partial charge in [-0.3, -0.25) is 4.79 Å². The SMILES string of the molecule is CCCC(CC)OC(=O)C(CC)CI. The van der Waals surface area contributed by atoms with Gasteiger partial charge in [-0.15, -0.1) is 0 Å². The highest BCUT2D eigenvalue weighted by atomic mass is 127. The van der Waals surface area contributed by atoms with E-state index in [1.165, 1.54) is 0 Å². The van der Waals surface area contributed by atoms with Gasteiger partial charge in [0, 0.05) is 4.43 Å². The summed E-state index contributed by atoms with van der Waals surface area (Å²) in [5, 5.41) is 0. The van der Waals surface area contributed by atoms with Gasteiger partial charge < -0.3 is 4.74 Å². The van der Waals surface area contributed by atoms with Crippen LogP contribution in [0.2, 0.25) is 0 Å². The van der Waals surface area contributed by atoms with Gasteiger partial charge in [0.05, 0.1) is 5.92 Å². The summed E-state index contributed by atoms with van der Waals surface area (Å²) in [4.78, 5) is 11.6. The van der Waals surface area contributed by atoms with Crippen molar-refractivity contribution in [2.24, 2.45) is 5.92 Å². The number of hydrogen-bond donors (Lipinski definition) is 0. The molecular formula is C11H21IO2. The van der Waals surface area contributed by atoms with E-state index in [1.54, 1.807) is 0 Å². The summed E-state index contributed by atoms with van der Waals surface area (Å²) in [6.07, 6.45) is 4.00. The standard InChI is InChI=1S/C11H21IO2/c1-4-7-10(6-3)14-11(13)9(5-2)8-12/h9-10H,4-8H2,1-3H3. The Morgan fingerprint density at radius 1 is 1.29 bits per heavy atom. The lowest BCUT2D eigenvalue weighted by Gasteiger charge is -2.18. The Morgan fingerprint density at radius 3 is 2.29 bits per heavy atom. The van der Waals surface area contributed by atoms with Gasteiger partial charge in [-0.25, -0.2) is 0 Å². The lowest BCUT2D eigenvalue weighted by atomic mass is 10.1. The van der Waals surface area contributed by atoms with Crippen LogP contribution < -0.4 is 0 Å². The summed E-state index contributed by atoms with van der Waals surface area (Å²) in [6.45, 7) is 6.22. The van der Waals surface area contributed by atoms with Crippen molar-refractivity contribution in [3.63, 3.8) is 0 Å². The Labute approximate surface area is 101 Å². The van der Waals surface area contributed by atoms with Crippen LogP contribution in [0.5, 0.6) is 0 Å². The minimum atomic E-state index is -0.0119. The molecule has 0 aliphatic carbocycles. The van der Waals surface area contributed by atoms with Gasteiger partial charge in [0.25, 0.3) is 0 Å². The maximum atomic E-state index is 11.6. The highest BCUT2D eigenvalue weighted by molar-refractivity contribution is 14.1. The fraction of sp³-hybridized carbons (Fsp3) is 0.909. The third-order valence-corrected chi connectivity index (χ3v) is 3.42. The normalized spacial score (nSPS) is 14.9. The van der Waals surface area contributed by atoms with Crippen LogP contribution in [0.4, 0.5) is 0 Å². The van der Waals surface area contributed by atoms with Gasteiger partial charge in [0.2, 0.25) is 0 Å². The maximum Gasteiger partial charge on any atom is 0.309 e. The molecule has 2 unspecified atom stereocenters. The van der Waals surface area contributed by atoms with Gasteiger partial charge >= 0.3 is 5.97 Å². The topological polar surface area (TPSA) is 26.3 Å². The molecular weight excluding hydrogens is 291 g/mol. The number of rotatable bonds is 7. The van der Waals surface area contributed by atoms with Crippen molar-refractivity contribution in [1.29, 1.82) is 0 Å². The predicted molar refractivity (Wildman–Crippen MR) is 67.7 cm³/mol. The summed E-state index contributed by atoms with van der Waals surface area (Å²) in [5.74, 6) is 0.0729. The van der Waals surface area contributed by atoms with Crippen LogP contribution in [-0.2, 0) is 9.53 Å². The number of esters is 1. The zero-order chi connectivity index (χ0) is 11.0. The summed E-state index contributed by atoms with van der Waals surface area (Å²) in [5.41, 5.74) is 0. The van der Waals surface area contributed by atoms with E-state index in [1.807, 2.05) is 6.92 Å². The zero-order valence-corrected chi connectivity index (χ0v) is 11.5. The second-order valence-electron chi connectivity index (χ2n) is 3.52. The summed E-state index contributed by atoms with van der Waals surface area (Å²) in [6, 6.07) is 0. The average Bonchev–Trinajstić information content (AvgIpc) is 2.19. The molecule has 0 aliphatic heterocycles. The molecule has 2 nitrogen and oxygen atoms in total. The van der Waals surface area contributed by atoms with Gasteiger partial charge in [-0.2, -0.15) is 0 Å². The molecule has 2 atom stereocenters. The van der Waals surface area contributed by atoms with Gasteiger partial charge in [-0.05, 0) is 19.3 Å². The smallest absolute Gasteiger partial charge is 0.309 e. The number of halogens is 1. The largest absolute Gasteiger partial charge is 0.462 e. The molecule has 0 fully saturated rings. The van der Waals surface area contributed by atoms with E-state index in [4.69, 9.17) is 4.74 Å². The van der Waals surface area contributed by atoms with Crippen LogP contribution in [-0.4, -0.2) is 16.5 Å². The molecule has 0 rings (SSSR count). The van der Waals surface area contributed by atoms with Crippen LogP contribution in [0.1, 0.15) is 46.5 Å². The van der Waals surface area contributed by atoms with Crippen molar-refractivity contribution in [1.82, 2.24) is 0 Å². The minimum Gasteiger partial charge on any atom is -0.462 e. The van der Waals surface area contributed by atoms with Crippen LogP contribution in [0.3, 0.4) is 0 Å². The highest BCUT2D eigenvalue weighted by Gasteiger charge is 2.19. The molecule has 14 heavy (non-hydrogen) atoms. The van der Waals surface area contributed by atoms with Crippen LogP contribution in [0.15, 0.2) is 0 Å². The summed E-state index contributed by atoms with van der Waals surface area (Å²) >= 11 is 2.24. The van der Waals surface area contributed by atoms with Crippen LogP contribution in [0, 0.1) is 5.92 Å². The summed E-state index contributed by atoms with van der Waals surface area (Å²) < 4.78 is 6.30. The number of hydrogen-bond acceptors (Lipinski definition) is 2. The Kier molecular flexibility index (Phi) is 8.63. The van der Waals surface area contributed by atoms with Crippen molar-refractivity contribution in [3.8, 4) is 0 Å². The second-order valence-corrected chi connectivity index (χ2v) is 4.40. The average molecular weight is 312 g/mol. The lowest BCUT2D eigenvalue weighted by molar-refractivity contribution is -0.153. The van der Waals surface area contributed by atoms with Crippen molar-refractivity contribution in [2.45, 2.75) is 52.6 Å². The number of alkyl halides is 1. The van der Waals surface area contributed by atoms with Crippen LogP contribution in [0.25, 0.3) is 0 Å². The van der Waals surface area contributed by atoms with E-state index in [9.17, 15) is 4.79 Å². The lowest BCUT2D eigenvalue weighted by Crippen LogP contribution is -2.24. The van der Waals surface area contributed by atoms with E-state index >= 15 is 0 Å². The molecule has 0 aromatic rings. The van der Waals surface area contributed by atoms with E-state index in [0.717, 1.165) is 30.1 Å². The second kappa shape index (κ2) is 8.50. The first kappa shape index (κ1) is 14.2. The molecule has 0 aromatic heterocycles.